The molecule has 0 amide bonds. The number of carbonyl (C=O) groups excluding carboxylic acids is 1. The van der Waals surface area contributed by atoms with Crippen LogP contribution in [-0.4, -0.2) is 33.2 Å². The predicted molar refractivity (Wildman–Crippen MR) is 72.6 cm³/mol. The summed E-state index contributed by atoms with van der Waals surface area (Å²) in [5, 5.41) is 19.0. The molecule has 2 atom stereocenters. The Balaban J connectivity index is 2.86. The molecule has 0 aliphatic rings. The fourth-order valence-electron chi connectivity index (χ4n) is 1.77. The molecule has 0 aliphatic heterocycles. The summed E-state index contributed by atoms with van der Waals surface area (Å²) in [6.07, 6.45) is -0.554. The van der Waals surface area contributed by atoms with Gasteiger partial charge in [-0.15, -0.1) is 0 Å². The van der Waals surface area contributed by atoms with E-state index in [1.165, 1.54) is 24.3 Å². The normalized spacial score (nSPS) is 15.0. The average molecular weight is 317 g/mol. The van der Waals surface area contributed by atoms with Crippen molar-refractivity contribution in [2.45, 2.75) is 18.7 Å². The molecule has 21 heavy (non-hydrogen) atoms. The van der Waals surface area contributed by atoms with Gasteiger partial charge in [0.2, 0.25) is 7.37 Å². The van der Waals surface area contributed by atoms with Gasteiger partial charge < -0.3 is 19.9 Å². The van der Waals surface area contributed by atoms with E-state index in [-0.39, 0.29) is 30.1 Å². The van der Waals surface area contributed by atoms with Crippen LogP contribution in [0.4, 0.5) is 0 Å². The number of aromatic carboxylic acids is 1. The number of nitrogens with two attached hydrogens (primary N) is 1. The number of carboxylic acid groups (broad SMARTS) is 1. The molecule has 0 saturated heterocycles. The molecule has 1 rings (SSSR count). The first-order chi connectivity index (χ1) is 9.79. The predicted octanol–water partition coefficient (Wildman–Crippen LogP) is 0.843. The summed E-state index contributed by atoms with van der Waals surface area (Å²) in [5.41, 5.74) is -0.391. The van der Waals surface area contributed by atoms with E-state index in [4.69, 9.17) is 5.11 Å². The van der Waals surface area contributed by atoms with E-state index in [1.807, 2.05) is 0 Å². The van der Waals surface area contributed by atoms with Crippen molar-refractivity contribution in [3.05, 3.63) is 35.4 Å². The van der Waals surface area contributed by atoms with Gasteiger partial charge in [-0.2, -0.15) is 5.90 Å². The lowest BCUT2D eigenvalue weighted by Crippen LogP contribution is -2.12. The molecule has 0 saturated carbocycles. The topological polar surface area (TPSA) is 147 Å². The number of aliphatic hydroxyl groups is 1. The summed E-state index contributed by atoms with van der Waals surface area (Å²) in [6.45, 7) is 0. The lowest BCUT2D eigenvalue weighted by atomic mass is 10.1. The highest BCUT2D eigenvalue weighted by Crippen LogP contribution is 2.55. The Hall–Kier alpha value is -1.73. The molecule has 5 N–H and O–H groups in total. The van der Waals surface area contributed by atoms with Gasteiger partial charge in [0, 0.05) is 18.1 Å². The molecular weight excluding hydrogens is 301 g/mol. The van der Waals surface area contributed by atoms with Gasteiger partial charge in [0.1, 0.15) is 0 Å². The zero-order chi connectivity index (χ0) is 16.0. The first-order valence-corrected chi connectivity index (χ1v) is 7.92. The number of benzene rings is 1. The highest BCUT2D eigenvalue weighted by molar-refractivity contribution is 7.58. The third-order valence-corrected chi connectivity index (χ3v) is 4.84. The molecule has 0 spiro atoms. The second-order valence-corrected chi connectivity index (χ2v) is 6.79. The Labute approximate surface area is 120 Å². The van der Waals surface area contributed by atoms with Crippen molar-refractivity contribution in [2.24, 2.45) is 5.90 Å². The maximum absolute atomic E-state index is 12.1. The van der Waals surface area contributed by atoms with Crippen LogP contribution in [0.15, 0.2) is 24.3 Å². The number of carbonyl (C=O) groups is 2. The molecule has 1 unspecified atom stereocenters. The quantitative estimate of drug-likeness (QED) is 0.427. The van der Waals surface area contributed by atoms with Crippen LogP contribution in [0.2, 0.25) is 0 Å². The lowest BCUT2D eigenvalue weighted by Gasteiger charge is -2.19. The summed E-state index contributed by atoms with van der Waals surface area (Å²) in [5.74, 6) is 0.746. The fraction of sp³-hybridized carbons (Fsp3) is 0.333. The van der Waals surface area contributed by atoms with Crippen LogP contribution in [0.25, 0.3) is 0 Å². The van der Waals surface area contributed by atoms with Gasteiger partial charge in [-0.05, 0) is 12.5 Å². The van der Waals surface area contributed by atoms with E-state index < -0.39 is 25.2 Å². The summed E-state index contributed by atoms with van der Waals surface area (Å²) >= 11 is 0. The SMILES string of the molecule is NOC(=O)CCCP(=O)(O)[C@H](O)c1ccccc1C(=O)O. The van der Waals surface area contributed by atoms with Crippen molar-refractivity contribution in [2.75, 3.05) is 6.16 Å². The number of hydrogen-bond donors (Lipinski definition) is 4. The van der Waals surface area contributed by atoms with Crippen LogP contribution < -0.4 is 5.90 Å². The largest absolute Gasteiger partial charge is 0.478 e. The minimum absolute atomic E-state index is 0.0177. The van der Waals surface area contributed by atoms with Gasteiger partial charge in [-0.3, -0.25) is 9.36 Å². The van der Waals surface area contributed by atoms with Gasteiger partial charge in [-0.1, -0.05) is 18.2 Å². The number of aliphatic hydroxyl groups excluding tert-OH is 1. The second-order valence-electron chi connectivity index (χ2n) is 4.34. The number of hydrogen-bond acceptors (Lipinski definition) is 6. The summed E-state index contributed by atoms with van der Waals surface area (Å²) < 4.78 is 12.1. The van der Waals surface area contributed by atoms with E-state index in [1.54, 1.807) is 0 Å². The smallest absolute Gasteiger partial charge is 0.336 e. The minimum atomic E-state index is -4.10. The molecule has 116 valence electrons. The third kappa shape index (κ3) is 4.64. The van der Waals surface area contributed by atoms with Crippen molar-refractivity contribution in [3.63, 3.8) is 0 Å². The van der Waals surface area contributed by atoms with Crippen LogP contribution in [0.5, 0.6) is 0 Å². The van der Waals surface area contributed by atoms with E-state index in [0.717, 1.165) is 0 Å². The first-order valence-electron chi connectivity index (χ1n) is 6.01. The molecule has 9 heteroatoms. The molecule has 1 aromatic carbocycles. The van der Waals surface area contributed by atoms with Gasteiger partial charge in [0.25, 0.3) is 0 Å². The van der Waals surface area contributed by atoms with Crippen molar-refractivity contribution < 1.29 is 34.1 Å². The Morgan fingerprint density at radius 3 is 2.52 bits per heavy atom. The van der Waals surface area contributed by atoms with Gasteiger partial charge in [0.15, 0.2) is 5.85 Å². The lowest BCUT2D eigenvalue weighted by molar-refractivity contribution is -0.144. The van der Waals surface area contributed by atoms with Crippen LogP contribution >= 0.6 is 7.37 Å². The number of carboxylic acids is 1. The van der Waals surface area contributed by atoms with E-state index >= 15 is 0 Å². The highest BCUT2D eigenvalue weighted by atomic mass is 31.2. The zero-order valence-electron chi connectivity index (χ0n) is 11.0. The van der Waals surface area contributed by atoms with Crippen LogP contribution in [0.1, 0.15) is 34.6 Å². The monoisotopic (exact) mass is 317 g/mol. The van der Waals surface area contributed by atoms with Gasteiger partial charge in [-0.25, -0.2) is 4.79 Å². The van der Waals surface area contributed by atoms with Crippen LogP contribution in [0.3, 0.4) is 0 Å². The first kappa shape index (κ1) is 17.3. The van der Waals surface area contributed by atoms with Gasteiger partial charge >= 0.3 is 11.9 Å². The Kier molecular flexibility index (Phi) is 6.04. The third-order valence-electron chi connectivity index (χ3n) is 2.84. The van der Waals surface area contributed by atoms with Crippen LogP contribution in [0, 0.1) is 0 Å². The van der Waals surface area contributed by atoms with Crippen molar-refractivity contribution in [1.29, 1.82) is 0 Å². The minimum Gasteiger partial charge on any atom is -0.478 e. The molecule has 8 nitrogen and oxygen atoms in total. The average Bonchev–Trinajstić information content (AvgIpc) is 2.45. The Morgan fingerprint density at radius 2 is 1.95 bits per heavy atom. The molecule has 0 fully saturated rings. The fourth-order valence-corrected chi connectivity index (χ4v) is 3.28. The zero-order valence-corrected chi connectivity index (χ0v) is 11.9. The summed E-state index contributed by atoms with van der Waals surface area (Å²) in [7, 11) is -4.10. The van der Waals surface area contributed by atoms with E-state index in [9.17, 15) is 24.2 Å². The van der Waals surface area contributed by atoms with Crippen molar-refractivity contribution >= 4 is 19.3 Å². The molecular formula is C12H16NO7P. The molecule has 0 heterocycles. The molecule has 0 aliphatic carbocycles. The van der Waals surface area contributed by atoms with E-state index in [2.05, 4.69) is 10.7 Å². The summed E-state index contributed by atoms with van der Waals surface area (Å²) in [4.78, 5) is 35.6. The Bertz CT molecular complexity index is 574. The summed E-state index contributed by atoms with van der Waals surface area (Å²) in [6, 6.07) is 5.40. The molecule has 0 aromatic heterocycles. The number of rotatable bonds is 7. The van der Waals surface area contributed by atoms with E-state index in [0.29, 0.717) is 0 Å². The maximum Gasteiger partial charge on any atom is 0.336 e. The molecule has 0 radical (unpaired) electrons. The van der Waals surface area contributed by atoms with Crippen molar-refractivity contribution in [1.82, 2.24) is 0 Å². The van der Waals surface area contributed by atoms with Crippen molar-refractivity contribution in [3.8, 4) is 0 Å². The molecule has 0 bridgehead atoms. The van der Waals surface area contributed by atoms with Crippen LogP contribution in [-0.2, 0) is 14.2 Å². The van der Waals surface area contributed by atoms with Gasteiger partial charge in [0.05, 0.1) is 5.56 Å². The Morgan fingerprint density at radius 1 is 1.33 bits per heavy atom. The maximum atomic E-state index is 12.1. The standard InChI is InChI=1S/C12H16NO7P/c13-20-10(14)6-3-7-21(18,19)12(17)9-5-2-1-4-8(9)11(15)16/h1-2,4-5,12,17H,3,6-7,13H2,(H,15,16)(H,18,19)/t12-/m0/s1. The second kappa shape index (κ2) is 7.33. The molecule has 1 aromatic rings. The highest BCUT2D eigenvalue weighted by Gasteiger charge is 2.32.